The largest absolute Gasteiger partial charge is 0.339 e. The first kappa shape index (κ1) is 20.5. The monoisotopic (exact) mass is 425 g/mol. The van der Waals surface area contributed by atoms with Crippen LogP contribution in [0.4, 0.5) is 0 Å². The minimum atomic E-state index is 0.0182. The molecule has 5 rings (SSSR count). The van der Waals surface area contributed by atoms with Crippen molar-refractivity contribution >= 4 is 27.7 Å². The SMILES string of the molecule is Cc1cccc(CN2CCN(C(=O)Cn3c4ccccc4c(=O)c4ccccc43)CC2)c1. The van der Waals surface area contributed by atoms with Gasteiger partial charge in [-0.1, -0.05) is 54.1 Å². The van der Waals surface area contributed by atoms with Gasteiger partial charge in [-0.15, -0.1) is 0 Å². The van der Waals surface area contributed by atoms with E-state index in [1.165, 1.54) is 11.1 Å². The maximum atomic E-state index is 13.3. The van der Waals surface area contributed by atoms with Crippen molar-refractivity contribution in [3.8, 4) is 0 Å². The zero-order valence-electron chi connectivity index (χ0n) is 18.3. The Labute approximate surface area is 187 Å². The molecule has 3 aromatic carbocycles. The van der Waals surface area contributed by atoms with E-state index in [1.54, 1.807) is 0 Å². The second-order valence-electron chi connectivity index (χ2n) is 8.60. The van der Waals surface area contributed by atoms with E-state index in [1.807, 2.05) is 58.0 Å². The number of benzene rings is 3. The molecule has 0 unspecified atom stereocenters. The first-order chi connectivity index (χ1) is 15.6. The normalized spacial score (nSPS) is 14.8. The van der Waals surface area contributed by atoms with E-state index >= 15 is 0 Å². The highest BCUT2D eigenvalue weighted by molar-refractivity contribution is 5.94. The van der Waals surface area contributed by atoms with Crippen molar-refractivity contribution in [3.63, 3.8) is 0 Å². The quantitative estimate of drug-likeness (QED) is 0.467. The molecule has 1 aliphatic rings. The zero-order valence-corrected chi connectivity index (χ0v) is 18.3. The van der Waals surface area contributed by atoms with Crippen LogP contribution in [0.1, 0.15) is 11.1 Å². The number of nitrogens with zero attached hydrogens (tertiary/aromatic N) is 3. The number of hydrogen-bond donors (Lipinski definition) is 0. The molecule has 1 aliphatic heterocycles. The summed E-state index contributed by atoms with van der Waals surface area (Å²) < 4.78 is 1.99. The maximum absolute atomic E-state index is 13.3. The fourth-order valence-corrected chi connectivity index (χ4v) is 4.71. The van der Waals surface area contributed by atoms with E-state index < -0.39 is 0 Å². The van der Waals surface area contributed by atoms with Gasteiger partial charge >= 0.3 is 0 Å². The van der Waals surface area contributed by atoms with Crippen LogP contribution in [0.2, 0.25) is 0 Å². The molecular weight excluding hydrogens is 398 g/mol. The highest BCUT2D eigenvalue weighted by atomic mass is 16.2. The van der Waals surface area contributed by atoms with E-state index in [-0.39, 0.29) is 17.9 Å². The number of para-hydroxylation sites is 2. The Hall–Kier alpha value is -3.44. The molecule has 0 aliphatic carbocycles. The Balaban J connectivity index is 1.34. The number of hydrogen-bond acceptors (Lipinski definition) is 3. The molecule has 1 saturated heterocycles. The predicted octanol–water partition coefficient (Wildman–Crippen LogP) is 3.81. The van der Waals surface area contributed by atoms with Crippen molar-refractivity contribution < 1.29 is 4.79 Å². The zero-order chi connectivity index (χ0) is 22.1. The van der Waals surface area contributed by atoms with Gasteiger partial charge in [0.25, 0.3) is 0 Å². The van der Waals surface area contributed by atoms with Gasteiger partial charge in [0.05, 0.1) is 11.0 Å². The smallest absolute Gasteiger partial charge is 0.242 e. The van der Waals surface area contributed by atoms with Crippen LogP contribution in [-0.4, -0.2) is 46.5 Å². The fraction of sp³-hybridized carbons (Fsp3) is 0.259. The highest BCUT2D eigenvalue weighted by Crippen LogP contribution is 2.20. The lowest BCUT2D eigenvalue weighted by molar-refractivity contribution is -0.133. The second-order valence-corrected chi connectivity index (χ2v) is 8.60. The van der Waals surface area contributed by atoms with E-state index in [0.29, 0.717) is 10.8 Å². The summed E-state index contributed by atoms with van der Waals surface area (Å²) in [6, 6.07) is 23.7. The Morgan fingerprint density at radius 3 is 2.06 bits per heavy atom. The molecule has 4 aromatic rings. The number of piperazine rings is 1. The van der Waals surface area contributed by atoms with Crippen molar-refractivity contribution in [2.45, 2.75) is 20.0 Å². The lowest BCUT2D eigenvalue weighted by Crippen LogP contribution is -2.49. The van der Waals surface area contributed by atoms with Gasteiger partial charge in [-0.05, 0) is 36.8 Å². The third kappa shape index (κ3) is 3.92. The third-order valence-electron chi connectivity index (χ3n) is 6.39. The summed E-state index contributed by atoms with van der Waals surface area (Å²) >= 11 is 0. The van der Waals surface area contributed by atoms with E-state index in [9.17, 15) is 9.59 Å². The van der Waals surface area contributed by atoms with Crippen molar-refractivity contribution in [3.05, 3.63) is 94.1 Å². The fourth-order valence-electron chi connectivity index (χ4n) is 4.71. The molecule has 0 N–H and O–H groups in total. The number of pyridine rings is 1. The van der Waals surface area contributed by atoms with Crippen LogP contribution in [0, 0.1) is 6.92 Å². The summed E-state index contributed by atoms with van der Waals surface area (Å²) in [5, 5.41) is 1.31. The van der Waals surface area contributed by atoms with Crippen LogP contribution in [-0.2, 0) is 17.9 Å². The van der Waals surface area contributed by atoms with Crippen LogP contribution >= 0.6 is 0 Å². The predicted molar refractivity (Wildman–Crippen MR) is 129 cm³/mol. The van der Waals surface area contributed by atoms with Crippen molar-refractivity contribution in [2.75, 3.05) is 26.2 Å². The number of fused-ring (bicyclic) bond motifs is 2. The Morgan fingerprint density at radius 2 is 1.44 bits per heavy atom. The summed E-state index contributed by atoms with van der Waals surface area (Å²) in [5.41, 5.74) is 4.22. The number of aromatic nitrogens is 1. The van der Waals surface area contributed by atoms with Crippen LogP contribution < -0.4 is 5.43 Å². The minimum absolute atomic E-state index is 0.0182. The summed E-state index contributed by atoms with van der Waals surface area (Å²) in [6.07, 6.45) is 0. The number of carbonyl (C=O) groups is 1. The molecule has 0 saturated carbocycles. The average molecular weight is 426 g/mol. The van der Waals surface area contributed by atoms with Gasteiger partial charge < -0.3 is 9.47 Å². The second kappa shape index (κ2) is 8.60. The molecule has 0 bridgehead atoms. The Morgan fingerprint density at radius 1 is 0.812 bits per heavy atom. The van der Waals surface area contributed by atoms with E-state index in [0.717, 1.165) is 43.8 Å². The van der Waals surface area contributed by atoms with Gasteiger partial charge in [-0.25, -0.2) is 0 Å². The Bertz CT molecular complexity index is 1290. The average Bonchev–Trinajstić information content (AvgIpc) is 2.82. The minimum Gasteiger partial charge on any atom is -0.339 e. The maximum Gasteiger partial charge on any atom is 0.242 e. The molecule has 5 heteroatoms. The molecule has 0 atom stereocenters. The van der Waals surface area contributed by atoms with Crippen LogP contribution in [0.25, 0.3) is 21.8 Å². The molecule has 2 heterocycles. The van der Waals surface area contributed by atoms with Gasteiger partial charge in [-0.3, -0.25) is 14.5 Å². The third-order valence-corrected chi connectivity index (χ3v) is 6.39. The number of aryl methyl sites for hydroxylation is 1. The number of amides is 1. The first-order valence-corrected chi connectivity index (χ1v) is 11.2. The molecular formula is C27H27N3O2. The van der Waals surface area contributed by atoms with Crippen LogP contribution in [0.15, 0.2) is 77.6 Å². The highest BCUT2D eigenvalue weighted by Gasteiger charge is 2.22. The summed E-state index contributed by atoms with van der Waals surface area (Å²) in [5.74, 6) is 0.0964. The molecule has 0 radical (unpaired) electrons. The van der Waals surface area contributed by atoms with Gasteiger partial charge in [0, 0.05) is 43.5 Å². The van der Waals surface area contributed by atoms with Crippen LogP contribution in [0.5, 0.6) is 0 Å². The lowest BCUT2D eigenvalue weighted by atomic mass is 10.1. The molecule has 0 spiro atoms. The summed E-state index contributed by atoms with van der Waals surface area (Å²) in [6.45, 7) is 6.44. The molecule has 1 aromatic heterocycles. The lowest BCUT2D eigenvalue weighted by Gasteiger charge is -2.35. The molecule has 32 heavy (non-hydrogen) atoms. The van der Waals surface area contributed by atoms with E-state index in [2.05, 4.69) is 36.1 Å². The van der Waals surface area contributed by atoms with Gasteiger partial charge in [0.2, 0.25) is 5.91 Å². The standard InChI is InChI=1S/C27H27N3O2/c1-20-7-6-8-21(17-20)18-28-13-15-29(16-14-28)26(31)19-30-24-11-4-2-9-22(24)27(32)23-10-3-5-12-25(23)30/h2-12,17H,13-16,18-19H2,1H3. The molecule has 1 fully saturated rings. The van der Waals surface area contributed by atoms with Crippen molar-refractivity contribution in [1.29, 1.82) is 0 Å². The molecule has 1 amide bonds. The first-order valence-electron chi connectivity index (χ1n) is 11.2. The van der Waals surface area contributed by atoms with Crippen LogP contribution in [0.3, 0.4) is 0 Å². The summed E-state index contributed by atoms with van der Waals surface area (Å²) in [7, 11) is 0. The van der Waals surface area contributed by atoms with Crippen molar-refractivity contribution in [1.82, 2.24) is 14.4 Å². The Kier molecular flexibility index (Phi) is 5.50. The topological polar surface area (TPSA) is 45.5 Å². The molecule has 162 valence electrons. The summed E-state index contributed by atoms with van der Waals surface area (Å²) in [4.78, 5) is 30.5. The number of rotatable bonds is 4. The number of carbonyl (C=O) groups excluding carboxylic acids is 1. The van der Waals surface area contributed by atoms with Gasteiger partial charge in [0.1, 0.15) is 6.54 Å². The van der Waals surface area contributed by atoms with E-state index in [4.69, 9.17) is 0 Å². The van der Waals surface area contributed by atoms with Gasteiger partial charge in [-0.2, -0.15) is 0 Å². The molecule has 5 nitrogen and oxygen atoms in total. The van der Waals surface area contributed by atoms with Gasteiger partial charge in [0.15, 0.2) is 5.43 Å². The van der Waals surface area contributed by atoms with Crippen molar-refractivity contribution in [2.24, 2.45) is 0 Å².